The highest BCUT2D eigenvalue weighted by Gasteiger charge is 2.13. The standard InChI is InChI=1S/C10H15N3O4S/c1-17-8(2-9(14)15)4-12-10(16)11-3-7-5-18-6-13-7/h5-6,8H,2-4H2,1H3,(H,14,15)(H2,11,12,16). The van der Waals surface area contributed by atoms with Gasteiger partial charge in [-0.05, 0) is 0 Å². The van der Waals surface area contributed by atoms with E-state index in [0.717, 1.165) is 5.69 Å². The van der Waals surface area contributed by atoms with Gasteiger partial charge in [-0.1, -0.05) is 0 Å². The number of carbonyl (C=O) groups is 2. The molecule has 0 aliphatic carbocycles. The van der Waals surface area contributed by atoms with Crippen molar-refractivity contribution in [1.82, 2.24) is 15.6 Å². The number of hydrogen-bond donors (Lipinski definition) is 3. The maximum absolute atomic E-state index is 11.4. The molecule has 0 spiro atoms. The van der Waals surface area contributed by atoms with Gasteiger partial charge in [-0.3, -0.25) is 4.79 Å². The lowest BCUT2D eigenvalue weighted by Gasteiger charge is -2.14. The second-order valence-electron chi connectivity index (χ2n) is 3.50. The van der Waals surface area contributed by atoms with Gasteiger partial charge in [-0.25, -0.2) is 9.78 Å². The second kappa shape index (κ2) is 7.62. The Hall–Kier alpha value is -1.67. The molecule has 1 aromatic rings. The predicted molar refractivity (Wildman–Crippen MR) is 65.4 cm³/mol. The van der Waals surface area contributed by atoms with Gasteiger partial charge in [0.15, 0.2) is 0 Å². The number of carbonyl (C=O) groups excluding carboxylic acids is 1. The van der Waals surface area contributed by atoms with Gasteiger partial charge in [0.25, 0.3) is 0 Å². The van der Waals surface area contributed by atoms with Crippen LogP contribution in [0.2, 0.25) is 0 Å². The Morgan fingerprint density at radius 3 is 2.89 bits per heavy atom. The van der Waals surface area contributed by atoms with Gasteiger partial charge in [0.1, 0.15) is 0 Å². The van der Waals surface area contributed by atoms with Crippen molar-refractivity contribution >= 4 is 23.3 Å². The Kier molecular flexibility index (Phi) is 6.09. The van der Waals surface area contributed by atoms with Crippen molar-refractivity contribution < 1.29 is 19.4 Å². The first kappa shape index (κ1) is 14.4. The zero-order valence-electron chi connectivity index (χ0n) is 9.88. The molecule has 18 heavy (non-hydrogen) atoms. The van der Waals surface area contributed by atoms with Crippen molar-refractivity contribution in [2.45, 2.75) is 19.1 Å². The number of rotatable bonds is 7. The summed E-state index contributed by atoms with van der Waals surface area (Å²) in [5, 5.41) is 15.6. The average Bonchev–Trinajstić information content (AvgIpc) is 2.84. The van der Waals surface area contributed by atoms with E-state index in [1.54, 1.807) is 5.51 Å². The number of nitrogens with zero attached hydrogens (tertiary/aromatic N) is 1. The number of ether oxygens (including phenoxy) is 1. The third-order valence-corrected chi connectivity index (χ3v) is 2.77. The SMILES string of the molecule is COC(CNC(=O)NCc1cscn1)CC(=O)O. The monoisotopic (exact) mass is 273 g/mol. The predicted octanol–water partition coefficient (Wildman–Crippen LogP) is 0.432. The summed E-state index contributed by atoms with van der Waals surface area (Å²) in [6, 6.07) is -0.379. The molecule has 0 saturated heterocycles. The molecule has 1 unspecified atom stereocenters. The van der Waals surface area contributed by atoms with Crippen molar-refractivity contribution in [2.75, 3.05) is 13.7 Å². The number of hydrogen-bond acceptors (Lipinski definition) is 5. The zero-order chi connectivity index (χ0) is 13.4. The van der Waals surface area contributed by atoms with Crippen LogP contribution < -0.4 is 10.6 Å². The average molecular weight is 273 g/mol. The summed E-state index contributed by atoms with van der Waals surface area (Å²) < 4.78 is 4.93. The molecule has 0 aliphatic heterocycles. The fraction of sp³-hybridized carbons (Fsp3) is 0.500. The number of amides is 2. The fourth-order valence-corrected chi connectivity index (χ4v) is 1.76. The number of methoxy groups -OCH3 is 1. The van der Waals surface area contributed by atoms with E-state index in [0.29, 0.717) is 6.54 Å². The lowest BCUT2D eigenvalue weighted by Crippen LogP contribution is -2.40. The first-order chi connectivity index (χ1) is 8.61. The molecule has 100 valence electrons. The van der Waals surface area contributed by atoms with E-state index in [9.17, 15) is 9.59 Å². The first-order valence-corrected chi connectivity index (χ1v) is 6.19. The third-order valence-electron chi connectivity index (χ3n) is 2.14. The molecule has 1 aromatic heterocycles. The van der Waals surface area contributed by atoms with Crippen LogP contribution in [0.4, 0.5) is 4.79 Å². The second-order valence-corrected chi connectivity index (χ2v) is 4.22. The van der Waals surface area contributed by atoms with E-state index in [1.807, 2.05) is 5.38 Å². The van der Waals surface area contributed by atoms with Gasteiger partial charge >= 0.3 is 12.0 Å². The van der Waals surface area contributed by atoms with Gasteiger partial charge in [0.05, 0.1) is 30.3 Å². The van der Waals surface area contributed by atoms with Crippen LogP contribution in [0.1, 0.15) is 12.1 Å². The highest BCUT2D eigenvalue weighted by molar-refractivity contribution is 7.07. The largest absolute Gasteiger partial charge is 0.481 e. The summed E-state index contributed by atoms with van der Waals surface area (Å²) >= 11 is 1.45. The van der Waals surface area contributed by atoms with Crippen LogP contribution in [0.3, 0.4) is 0 Å². The van der Waals surface area contributed by atoms with Gasteiger partial charge in [0.2, 0.25) is 0 Å². The van der Waals surface area contributed by atoms with Gasteiger partial charge in [0, 0.05) is 19.0 Å². The molecule has 0 saturated carbocycles. The highest BCUT2D eigenvalue weighted by atomic mass is 32.1. The number of carboxylic acids is 1. The van der Waals surface area contributed by atoms with E-state index < -0.39 is 12.1 Å². The van der Waals surface area contributed by atoms with Gasteiger partial charge in [-0.2, -0.15) is 0 Å². The summed E-state index contributed by atoms with van der Waals surface area (Å²) in [5.74, 6) is -0.966. The van der Waals surface area contributed by atoms with Crippen LogP contribution in [0, 0.1) is 0 Å². The molecule has 0 aromatic carbocycles. The minimum Gasteiger partial charge on any atom is -0.481 e. The molecule has 0 aliphatic rings. The molecule has 0 radical (unpaired) electrons. The molecule has 1 rings (SSSR count). The van der Waals surface area contributed by atoms with Crippen LogP contribution in [-0.2, 0) is 16.1 Å². The number of aromatic nitrogens is 1. The van der Waals surface area contributed by atoms with Crippen LogP contribution in [0.25, 0.3) is 0 Å². The molecule has 1 atom stereocenters. The Morgan fingerprint density at radius 1 is 1.56 bits per heavy atom. The molecular formula is C10H15N3O4S. The lowest BCUT2D eigenvalue weighted by atomic mass is 10.2. The quantitative estimate of drug-likeness (QED) is 0.669. The lowest BCUT2D eigenvalue weighted by molar-refractivity contribution is -0.139. The number of thiazole rings is 1. The van der Waals surface area contributed by atoms with Crippen LogP contribution in [0.15, 0.2) is 10.9 Å². The molecule has 3 N–H and O–H groups in total. The van der Waals surface area contributed by atoms with E-state index in [-0.39, 0.29) is 19.0 Å². The molecule has 1 heterocycles. The molecule has 8 heteroatoms. The Morgan fingerprint density at radius 2 is 2.33 bits per heavy atom. The molecular weight excluding hydrogens is 258 g/mol. The summed E-state index contributed by atoms with van der Waals surface area (Å²) in [5.41, 5.74) is 2.46. The maximum atomic E-state index is 11.4. The number of carboxylic acid groups (broad SMARTS) is 1. The van der Waals surface area contributed by atoms with Crippen LogP contribution in [-0.4, -0.2) is 41.8 Å². The molecule has 0 fully saturated rings. The number of nitrogens with one attached hydrogen (secondary N) is 2. The van der Waals surface area contributed by atoms with Crippen molar-refractivity contribution in [3.8, 4) is 0 Å². The van der Waals surface area contributed by atoms with Crippen LogP contribution in [0.5, 0.6) is 0 Å². The van der Waals surface area contributed by atoms with E-state index in [2.05, 4.69) is 15.6 Å². The smallest absolute Gasteiger partial charge is 0.315 e. The van der Waals surface area contributed by atoms with Crippen molar-refractivity contribution in [3.05, 3.63) is 16.6 Å². The Balaban J connectivity index is 2.21. The fourth-order valence-electron chi connectivity index (χ4n) is 1.20. The molecule has 2 amide bonds. The number of aliphatic carboxylic acids is 1. The van der Waals surface area contributed by atoms with E-state index in [1.165, 1.54) is 18.4 Å². The topological polar surface area (TPSA) is 101 Å². The normalized spacial score (nSPS) is 11.8. The third kappa shape index (κ3) is 5.60. The van der Waals surface area contributed by atoms with Crippen LogP contribution >= 0.6 is 11.3 Å². The summed E-state index contributed by atoms with van der Waals surface area (Å²) in [6.07, 6.45) is -0.685. The van der Waals surface area contributed by atoms with Crippen molar-refractivity contribution in [3.63, 3.8) is 0 Å². The minimum absolute atomic E-state index is 0.145. The Labute approximate surface area is 108 Å². The zero-order valence-corrected chi connectivity index (χ0v) is 10.7. The Bertz CT molecular complexity index is 382. The summed E-state index contributed by atoms with van der Waals surface area (Å²) in [4.78, 5) is 25.9. The van der Waals surface area contributed by atoms with Gasteiger partial charge in [-0.15, -0.1) is 11.3 Å². The summed E-state index contributed by atoms with van der Waals surface area (Å²) in [6.45, 7) is 0.484. The van der Waals surface area contributed by atoms with E-state index in [4.69, 9.17) is 9.84 Å². The maximum Gasteiger partial charge on any atom is 0.315 e. The highest BCUT2D eigenvalue weighted by Crippen LogP contribution is 1.99. The van der Waals surface area contributed by atoms with E-state index >= 15 is 0 Å². The first-order valence-electron chi connectivity index (χ1n) is 5.25. The van der Waals surface area contributed by atoms with Gasteiger partial charge < -0.3 is 20.5 Å². The molecule has 7 nitrogen and oxygen atoms in total. The minimum atomic E-state index is -0.966. The summed E-state index contributed by atoms with van der Waals surface area (Å²) in [7, 11) is 1.41. The van der Waals surface area contributed by atoms with Crippen molar-refractivity contribution in [2.24, 2.45) is 0 Å². The van der Waals surface area contributed by atoms with Crippen molar-refractivity contribution in [1.29, 1.82) is 0 Å². The number of urea groups is 1. The molecule has 0 bridgehead atoms.